The Balaban J connectivity index is 1.20. The van der Waals surface area contributed by atoms with Gasteiger partial charge in [0.25, 0.3) is 5.19 Å². The zero-order chi connectivity index (χ0) is 20.9. The second-order valence-electron chi connectivity index (χ2n) is 8.31. The van der Waals surface area contributed by atoms with Crippen molar-refractivity contribution in [1.29, 1.82) is 0 Å². The number of carbonyl (C=O) groups is 1. The van der Waals surface area contributed by atoms with Crippen LogP contribution >= 0.6 is 11.3 Å². The van der Waals surface area contributed by atoms with E-state index >= 15 is 0 Å². The van der Waals surface area contributed by atoms with Crippen molar-refractivity contribution < 1.29 is 13.9 Å². The maximum absolute atomic E-state index is 11.9. The standard InChI is InChI=1S/C23H22N4O3S/c1-14(28)27-12-16-4-5-17(27)11-26(16)10-15-13-29-20-9-18(6-7-19(15)20)30-23-25-22-21(31-23)3-2-8-24-22/h2-3,6-9,13,16-17H,4-5,10-12H2,1H3/t16-,17+/m1/s1. The molecule has 3 aliphatic rings. The summed E-state index contributed by atoms with van der Waals surface area (Å²) in [6.45, 7) is 4.29. The van der Waals surface area contributed by atoms with E-state index in [0.29, 0.717) is 28.7 Å². The Morgan fingerprint density at radius 1 is 1.26 bits per heavy atom. The average molecular weight is 435 g/mol. The highest BCUT2D eigenvalue weighted by Crippen LogP contribution is 2.35. The molecule has 2 atom stereocenters. The van der Waals surface area contributed by atoms with E-state index in [4.69, 9.17) is 9.15 Å². The van der Waals surface area contributed by atoms with Crippen LogP contribution in [0.4, 0.5) is 0 Å². The first kappa shape index (κ1) is 18.8. The molecule has 158 valence electrons. The number of carbonyl (C=O) groups excluding carboxylic acids is 1. The number of hydrogen-bond donors (Lipinski definition) is 0. The van der Waals surface area contributed by atoms with Gasteiger partial charge in [-0.15, -0.1) is 0 Å². The fourth-order valence-electron chi connectivity index (χ4n) is 4.86. The summed E-state index contributed by atoms with van der Waals surface area (Å²) in [6.07, 6.45) is 5.84. The molecular weight excluding hydrogens is 412 g/mol. The molecule has 3 fully saturated rings. The number of aromatic nitrogens is 2. The van der Waals surface area contributed by atoms with Crippen molar-refractivity contribution in [3.05, 3.63) is 48.4 Å². The third-order valence-electron chi connectivity index (χ3n) is 6.40. The Bertz CT molecular complexity index is 1250. The van der Waals surface area contributed by atoms with Gasteiger partial charge in [-0.05, 0) is 37.1 Å². The van der Waals surface area contributed by atoms with Crippen LogP contribution < -0.4 is 4.74 Å². The lowest BCUT2D eigenvalue weighted by Gasteiger charge is -2.51. The highest BCUT2D eigenvalue weighted by molar-refractivity contribution is 7.20. The van der Waals surface area contributed by atoms with Crippen LogP contribution in [0.5, 0.6) is 10.9 Å². The van der Waals surface area contributed by atoms with Crippen LogP contribution in [0.1, 0.15) is 25.3 Å². The molecule has 3 saturated heterocycles. The number of piperidine rings is 2. The average Bonchev–Trinajstić information content (AvgIpc) is 3.37. The minimum Gasteiger partial charge on any atom is -0.464 e. The van der Waals surface area contributed by atoms with Crippen molar-refractivity contribution in [3.63, 3.8) is 0 Å². The molecule has 2 bridgehead atoms. The maximum atomic E-state index is 11.9. The van der Waals surface area contributed by atoms with Crippen LogP contribution in [0.15, 0.2) is 47.2 Å². The molecule has 0 radical (unpaired) electrons. The minimum atomic E-state index is 0.194. The van der Waals surface area contributed by atoms with Crippen molar-refractivity contribution in [2.75, 3.05) is 13.1 Å². The van der Waals surface area contributed by atoms with E-state index in [-0.39, 0.29) is 5.91 Å². The van der Waals surface area contributed by atoms with Gasteiger partial charge in [-0.2, -0.15) is 4.98 Å². The number of piperazine rings is 1. The molecule has 1 amide bonds. The normalized spacial score (nSPS) is 21.3. The van der Waals surface area contributed by atoms with Crippen LogP contribution in [-0.2, 0) is 11.3 Å². The van der Waals surface area contributed by atoms with Crippen LogP contribution in [-0.4, -0.2) is 50.8 Å². The first-order valence-corrected chi connectivity index (χ1v) is 11.4. The van der Waals surface area contributed by atoms with Gasteiger partial charge in [0.15, 0.2) is 5.65 Å². The highest BCUT2D eigenvalue weighted by atomic mass is 32.1. The number of benzene rings is 1. The summed E-state index contributed by atoms with van der Waals surface area (Å²) in [4.78, 5) is 25.1. The van der Waals surface area contributed by atoms with Gasteiger partial charge in [-0.1, -0.05) is 11.3 Å². The summed E-state index contributed by atoms with van der Waals surface area (Å²) in [5, 5.41) is 1.67. The number of furan rings is 1. The lowest BCUT2D eigenvalue weighted by Crippen LogP contribution is -2.63. The van der Waals surface area contributed by atoms with Crippen LogP contribution in [0.2, 0.25) is 0 Å². The van der Waals surface area contributed by atoms with Crippen LogP contribution in [0.25, 0.3) is 21.3 Å². The maximum Gasteiger partial charge on any atom is 0.281 e. The Labute approximate surface area is 183 Å². The molecule has 0 spiro atoms. The molecule has 4 aromatic rings. The molecule has 7 rings (SSSR count). The van der Waals surface area contributed by atoms with Gasteiger partial charge < -0.3 is 14.1 Å². The number of amides is 1. The third-order valence-corrected chi connectivity index (χ3v) is 7.29. The number of pyridine rings is 1. The molecule has 1 aromatic carbocycles. The van der Waals surface area contributed by atoms with E-state index in [1.165, 1.54) is 16.9 Å². The SMILES string of the molecule is CC(=O)N1C[C@H]2CC[C@H]1CN2Cc1coc2cc(Oc3nc4ncccc4s3)ccc12. The Kier molecular flexibility index (Phi) is 4.43. The van der Waals surface area contributed by atoms with Gasteiger partial charge in [0.2, 0.25) is 5.91 Å². The predicted octanol–water partition coefficient (Wildman–Crippen LogP) is 4.42. The summed E-state index contributed by atoms with van der Waals surface area (Å²) >= 11 is 1.47. The van der Waals surface area contributed by atoms with Crippen LogP contribution in [0, 0.1) is 0 Å². The molecule has 0 N–H and O–H groups in total. The number of thiazole rings is 1. The molecular formula is C23H22N4O3S. The van der Waals surface area contributed by atoms with Gasteiger partial charge in [-0.25, -0.2) is 4.98 Å². The Hall–Kier alpha value is -2.97. The van der Waals surface area contributed by atoms with E-state index in [2.05, 4.69) is 20.9 Å². The predicted molar refractivity (Wildman–Crippen MR) is 118 cm³/mol. The van der Waals surface area contributed by atoms with Crippen molar-refractivity contribution in [2.24, 2.45) is 0 Å². The third kappa shape index (κ3) is 3.36. The first-order chi connectivity index (χ1) is 15.1. The summed E-state index contributed by atoms with van der Waals surface area (Å²) in [5.41, 5.74) is 2.68. The van der Waals surface area contributed by atoms with Crippen molar-refractivity contribution in [3.8, 4) is 10.9 Å². The summed E-state index contributed by atoms with van der Waals surface area (Å²) in [7, 11) is 0. The Morgan fingerprint density at radius 2 is 2.16 bits per heavy atom. The molecule has 31 heavy (non-hydrogen) atoms. The lowest BCUT2D eigenvalue weighted by molar-refractivity contribution is -0.139. The monoisotopic (exact) mass is 434 g/mol. The number of hydrogen-bond acceptors (Lipinski definition) is 7. The fourth-order valence-corrected chi connectivity index (χ4v) is 5.65. The topological polar surface area (TPSA) is 71.7 Å². The van der Waals surface area contributed by atoms with E-state index in [0.717, 1.165) is 48.1 Å². The van der Waals surface area contributed by atoms with Crippen molar-refractivity contribution in [2.45, 2.75) is 38.4 Å². The van der Waals surface area contributed by atoms with E-state index in [1.54, 1.807) is 13.1 Å². The first-order valence-electron chi connectivity index (χ1n) is 10.5. The molecule has 8 heteroatoms. The van der Waals surface area contributed by atoms with Gasteiger partial charge in [0.1, 0.15) is 11.3 Å². The van der Waals surface area contributed by atoms with E-state index in [9.17, 15) is 4.79 Å². The molecule has 0 saturated carbocycles. The molecule has 7 nitrogen and oxygen atoms in total. The summed E-state index contributed by atoms with van der Waals surface area (Å²) in [5.74, 6) is 0.890. The second kappa shape index (κ2) is 7.32. The fraction of sp³-hybridized carbons (Fsp3) is 0.348. The number of nitrogens with zero attached hydrogens (tertiary/aromatic N) is 4. The molecule has 0 aliphatic carbocycles. The van der Waals surface area contributed by atoms with E-state index < -0.39 is 0 Å². The van der Waals surface area contributed by atoms with E-state index in [1.807, 2.05) is 35.4 Å². The van der Waals surface area contributed by atoms with Gasteiger partial charge in [-0.3, -0.25) is 9.69 Å². The van der Waals surface area contributed by atoms with Crippen molar-refractivity contribution >= 4 is 38.6 Å². The van der Waals surface area contributed by atoms with Gasteiger partial charge in [0, 0.05) is 61.9 Å². The number of ether oxygens (including phenoxy) is 1. The quantitative estimate of drug-likeness (QED) is 0.473. The van der Waals surface area contributed by atoms with Gasteiger partial charge >= 0.3 is 0 Å². The highest BCUT2D eigenvalue weighted by Gasteiger charge is 2.40. The molecule has 3 aromatic heterocycles. The van der Waals surface area contributed by atoms with Crippen molar-refractivity contribution in [1.82, 2.24) is 19.8 Å². The summed E-state index contributed by atoms with van der Waals surface area (Å²) in [6, 6.07) is 10.6. The van der Waals surface area contributed by atoms with Crippen LogP contribution in [0.3, 0.4) is 0 Å². The smallest absolute Gasteiger partial charge is 0.281 e. The zero-order valence-corrected chi connectivity index (χ0v) is 18.0. The largest absolute Gasteiger partial charge is 0.464 e. The molecule has 3 aliphatic heterocycles. The number of rotatable bonds is 4. The lowest BCUT2D eigenvalue weighted by atomic mass is 9.90. The minimum absolute atomic E-state index is 0.194. The second-order valence-corrected chi connectivity index (χ2v) is 9.30. The number of fused-ring (bicyclic) bond motifs is 5. The Morgan fingerprint density at radius 3 is 2.97 bits per heavy atom. The molecule has 0 unspecified atom stereocenters. The molecule has 6 heterocycles. The van der Waals surface area contributed by atoms with Gasteiger partial charge in [0.05, 0.1) is 11.0 Å². The zero-order valence-electron chi connectivity index (χ0n) is 17.2. The summed E-state index contributed by atoms with van der Waals surface area (Å²) < 4.78 is 12.8.